The van der Waals surface area contributed by atoms with Crippen molar-refractivity contribution in [1.29, 1.82) is 5.26 Å². The van der Waals surface area contributed by atoms with E-state index < -0.39 is 0 Å². The molecule has 1 aliphatic carbocycles. The first-order valence-corrected chi connectivity index (χ1v) is 13.1. The average molecular weight is 500 g/mol. The van der Waals surface area contributed by atoms with E-state index in [1.54, 1.807) is 12.4 Å². The van der Waals surface area contributed by atoms with E-state index in [9.17, 15) is 10.1 Å². The van der Waals surface area contributed by atoms with Gasteiger partial charge in [-0.2, -0.15) is 10.4 Å². The van der Waals surface area contributed by atoms with E-state index in [2.05, 4.69) is 26.5 Å². The highest BCUT2D eigenvalue weighted by atomic mass is 16.5. The van der Waals surface area contributed by atoms with Gasteiger partial charge < -0.3 is 15.0 Å². The number of ether oxygens (including phenoxy) is 1. The first-order chi connectivity index (χ1) is 18.1. The number of anilines is 2. The standard InChI is InChI=1S/C28H33N7O2/c1-34(24-12-16-37-17-13-24)27(36)21-6-8-23(9-7-21)32-28-30-15-11-25(33-28)22-18-31-35(19-22)26(10-14-29)20-4-2-3-5-20/h6-9,11,15,18-20,24,26H,2-5,10,12-13,16-17H2,1H3,(H,30,32,33). The highest BCUT2D eigenvalue weighted by Crippen LogP contribution is 2.36. The number of carbonyl (C=O) groups is 1. The van der Waals surface area contributed by atoms with Gasteiger partial charge in [-0.15, -0.1) is 0 Å². The number of benzene rings is 1. The smallest absolute Gasteiger partial charge is 0.253 e. The fourth-order valence-corrected chi connectivity index (χ4v) is 5.41. The molecule has 2 fully saturated rings. The molecule has 1 saturated carbocycles. The second-order valence-electron chi connectivity index (χ2n) is 9.91. The minimum absolute atomic E-state index is 0.0148. The van der Waals surface area contributed by atoms with Gasteiger partial charge in [0.1, 0.15) is 0 Å². The van der Waals surface area contributed by atoms with Crippen LogP contribution in [0.1, 0.15) is 61.3 Å². The summed E-state index contributed by atoms with van der Waals surface area (Å²) in [6.07, 6.45) is 12.5. The van der Waals surface area contributed by atoms with Crippen LogP contribution >= 0.6 is 0 Å². The Hall–Kier alpha value is -3.77. The summed E-state index contributed by atoms with van der Waals surface area (Å²) in [7, 11) is 1.86. The lowest BCUT2D eigenvalue weighted by atomic mass is 9.96. The van der Waals surface area contributed by atoms with Crippen molar-refractivity contribution in [3.05, 3.63) is 54.5 Å². The molecule has 9 heteroatoms. The van der Waals surface area contributed by atoms with Gasteiger partial charge in [0.05, 0.1) is 30.4 Å². The maximum absolute atomic E-state index is 12.9. The zero-order valence-corrected chi connectivity index (χ0v) is 21.2. The van der Waals surface area contributed by atoms with E-state index >= 15 is 0 Å². The third-order valence-corrected chi connectivity index (χ3v) is 7.58. The fraction of sp³-hybridized carbons (Fsp3) is 0.464. The Balaban J connectivity index is 1.25. The Bertz CT molecular complexity index is 1240. The molecule has 192 valence electrons. The summed E-state index contributed by atoms with van der Waals surface area (Å²) < 4.78 is 7.35. The van der Waals surface area contributed by atoms with Crippen molar-refractivity contribution < 1.29 is 9.53 Å². The van der Waals surface area contributed by atoms with E-state index in [1.165, 1.54) is 12.8 Å². The zero-order chi connectivity index (χ0) is 25.6. The molecular weight excluding hydrogens is 466 g/mol. The van der Waals surface area contributed by atoms with E-state index in [0.717, 1.165) is 42.6 Å². The van der Waals surface area contributed by atoms with Gasteiger partial charge in [-0.25, -0.2) is 9.97 Å². The number of carbonyl (C=O) groups excluding carboxylic acids is 1. The van der Waals surface area contributed by atoms with Gasteiger partial charge in [0.25, 0.3) is 5.91 Å². The van der Waals surface area contributed by atoms with E-state index in [4.69, 9.17) is 4.74 Å². The third kappa shape index (κ3) is 5.81. The summed E-state index contributed by atoms with van der Waals surface area (Å²) >= 11 is 0. The van der Waals surface area contributed by atoms with Crippen LogP contribution in [0.15, 0.2) is 48.9 Å². The molecule has 9 nitrogen and oxygen atoms in total. The van der Waals surface area contributed by atoms with Crippen molar-refractivity contribution in [3.63, 3.8) is 0 Å². The second kappa shape index (κ2) is 11.5. The molecule has 3 aromatic rings. The molecule has 1 N–H and O–H groups in total. The molecule has 1 amide bonds. The molecule has 1 aliphatic heterocycles. The van der Waals surface area contributed by atoms with E-state index in [-0.39, 0.29) is 18.0 Å². The van der Waals surface area contributed by atoms with Gasteiger partial charge in [-0.3, -0.25) is 9.48 Å². The van der Waals surface area contributed by atoms with Crippen LogP contribution in [0.25, 0.3) is 11.3 Å². The zero-order valence-electron chi connectivity index (χ0n) is 21.2. The lowest BCUT2D eigenvalue weighted by molar-refractivity contribution is 0.0362. The molecule has 2 aromatic heterocycles. The number of nitriles is 1. The SMILES string of the molecule is CN(C(=O)c1ccc(Nc2nccc(-c3cnn(C(CC#N)C4CCCC4)c3)n2)cc1)C1CCOCC1. The third-order valence-electron chi connectivity index (χ3n) is 7.58. The number of hydrogen-bond donors (Lipinski definition) is 1. The minimum Gasteiger partial charge on any atom is -0.381 e. The Morgan fingerprint density at radius 2 is 1.95 bits per heavy atom. The van der Waals surface area contributed by atoms with E-state index in [0.29, 0.717) is 37.1 Å². The predicted molar refractivity (Wildman–Crippen MR) is 140 cm³/mol. The quantitative estimate of drug-likeness (QED) is 0.465. The van der Waals surface area contributed by atoms with Gasteiger partial charge in [0.15, 0.2) is 0 Å². The topological polar surface area (TPSA) is 109 Å². The normalized spacial score (nSPS) is 17.3. The summed E-state index contributed by atoms with van der Waals surface area (Å²) in [5.74, 6) is 0.982. The van der Waals surface area contributed by atoms with Crippen molar-refractivity contribution in [2.75, 3.05) is 25.6 Å². The largest absolute Gasteiger partial charge is 0.381 e. The number of nitrogens with zero attached hydrogens (tertiary/aromatic N) is 6. The van der Waals surface area contributed by atoms with Crippen LogP contribution in [0.2, 0.25) is 0 Å². The van der Waals surface area contributed by atoms with Crippen molar-refractivity contribution in [1.82, 2.24) is 24.6 Å². The van der Waals surface area contributed by atoms with Crippen molar-refractivity contribution in [3.8, 4) is 17.3 Å². The molecule has 3 heterocycles. The lowest BCUT2D eigenvalue weighted by Gasteiger charge is -2.31. The minimum atomic E-state index is 0.0148. The first-order valence-electron chi connectivity index (χ1n) is 13.1. The molecule has 2 aliphatic rings. The molecule has 1 saturated heterocycles. The van der Waals surface area contributed by atoms with Crippen LogP contribution < -0.4 is 5.32 Å². The molecule has 0 bridgehead atoms. The van der Waals surface area contributed by atoms with Crippen LogP contribution in [0.4, 0.5) is 11.6 Å². The number of amides is 1. The second-order valence-corrected chi connectivity index (χ2v) is 9.91. The number of nitrogens with one attached hydrogen (secondary N) is 1. The molecule has 0 spiro atoms. The number of aromatic nitrogens is 4. The fourth-order valence-electron chi connectivity index (χ4n) is 5.41. The lowest BCUT2D eigenvalue weighted by Crippen LogP contribution is -2.40. The number of hydrogen-bond acceptors (Lipinski definition) is 7. The van der Waals surface area contributed by atoms with Gasteiger partial charge in [-0.1, -0.05) is 12.8 Å². The molecule has 5 rings (SSSR count). The molecule has 0 radical (unpaired) electrons. The molecule has 37 heavy (non-hydrogen) atoms. The van der Waals surface area contributed by atoms with Crippen LogP contribution in [0, 0.1) is 17.2 Å². The number of rotatable bonds is 8. The van der Waals surface area contributed by atoms with Crippen LogP contribution in [0.5, 0.6) is 0 Å². The summed E-state index contributed by atoms with van der Waals surface area (Å²) in [5.41, 5.74) is 3.10. The first kappa shape index (κ1) is 24.9. The Labute approximate surface area is 217 Å². The van der Waals surface area contributed by atoms with Crippen molar-refractivity contribution >= 4 is 17.5 Å². The molecule has 1 atom stereocenters. The monoisotopic (exact) mass is 499 g/mol. The van der Waals surface area contributed by atoms with Gasteiger partial charge >= 0.3 is 0 Å². The Morgan fingerprint density at radius 1 is 1.19 bits per heavy atom. The van der Waals surface area contributed by atoms with Crippen molar-refractivity contribution in [2.24, 2.45) is 5.92 Å². The van der Waals surface area contributed by atoms with Gasteiger partial charge in [-0.05, 0) is 61.9 Å². The maximum Gasteiger partial charge on any atom is 0.253 e. The van der Waals surface area contributed by atoms with Crippen LogP contribution in [-0.4, -0.2) is 56.9 Å². The summed E-state index contributed by atoms with van der Waals surface area (Å²) in [5, 5.41) is 17.2. The predicted octanol–water partition coefficient (Wildman–Crippen LogP) is 4.98. The average Bonchev–Trinajstić information content (AvgIpc) is 3.65. The Kier molecular flexibility index (Phi) is 7.76. The van der Waals surface area contributed by atoms with Gasteiger partial charge in [0, 0.05) is 55.5 Å². The summed E-state index contributed by atoms with van der Waals surface area (Å²) in [6.45, 7) is 1.40. The Morgan fingerprint density at radius 3 is 2.68 bits per heavy atom. The summed E-state index contributed by atoms with van der Waals surface area (Å²) in [4.78, 5) is 23.8. The summed E-state index contributed by atoms with van der Waals surface area (Å²) in [6, 6.07) is 11.9. The van der Waals surface area contributed by atoms with Crippen molar-refractivity contribution in [2.45, 2.75) is 57.0 Å². The van der Waals surface area contributed by atoms with Gasteiger partial charge in [0.2, 0.25) is 5.95 Å². The van der Waals surface area contributed by atoms with E-state index in [1.807, 2.05) is 53.2 Å². The molecule has 1 aromatic carbocycles. The molecular formula is C28H33N7O2. The maximum atomic E-state index is 12.9. The highest BCUT2D eigenvalue weighted by Gasteiger charge is 2.27. The van der Waals surface area contributed by atoms with Crippen LogP contribution in [-0.2, 0) is 4.74 Å². The van der Waals surface area contributed by atoms with Crippen LogP contribution in [0.3, 0.4) is 0 Å². The molecule has 1 unspecified atom stereocenters. The highest BCUT2D eigenvalue weighted by molar-refractivity contribution is 5.94.